The Balaban J connectivity index is 2.36. The van der Waals surface area contributed by atoms with E-state index < -0.39 is 0 Å². The van der Waals surface area contributed by atoms with Crippen LogP contribution in [0.3, 0.4) is 0 Å². The molecule has 0 fully saturated rings. The highest BCUT2D eigenvalue weighted by atomic mass is 32.1. The van der Waals surface area contributed by atoms with Gasteiger partial charge in [0.25, 0.3) is 0 Å². The maximum absolute atomic E-state index is 6.15. The summed E-state index contributed by atoms with van der Waals surface area (Å²) >= 11 is 1.55. The van der Waals surface area contributed by atoms with E-state index in [-0.39, 0.29) is 0 Å². The number of rotatable bonds is 2. The Hall–Kier alpha value is -2.00. The van der Waals surface area contributed by atoms with Crippen molar-refractivity contribution in [3.05, 3.63) is 48.0 Å². The zero-order chi connectivity index (χ0) is 13.4. The minimum atomic E-state index is 0.705. The van der Waals surface area contributed by atoms with Gasteiger partial charge in [-0.3, -0.25) is 0 Å². The van der Waals surface area contributed by atoms with E-state index in [9.17, 15) is 0 Å². The van der Waals surface area contributed by atoms with Crippen LogP contribution in [0.5, 0.6) is 0 Å². The number of anilines is 2. The molecule has 0 bridgehead atoms. The van der Waals surface area contributed by atoms with E-state index in [2.05, 4.69) is 49.4 Å². The Kier molecular flexibility index (Phi) is 2.91. The van der Waals surface area contributed by atoms with Crippen molar-refractivity contribution in [1.29, 1.82) is 0 Å². The summed E-state index contributed by atoms with van der Waals surface area (Å²) in [6, 6.07) is 14.7. The van der Waals surface area contributed by atoms with Crippen molar-refractivity contribution in [2.24, 2.45) is 0 Å². The topological polar surface area (TPSA) is 52.0 Å². The molecule has 0 saturated heterocycles. The third kappa shape index (κ3) is 1.87. The monoisotopic (exact) mass is 268 g/mol. The molecule has 0 atom stereocenters. The van der Waals surface area contributed by atoms with Crippen LogP contribution in [0.15, 0.2) is 42.5 Å². The van der Waals surface area contributed by atoms with Crippen molar-refractivity contribution in [3.63, 3.8) is 0 Å². The molecule has 3 heteroatoms. The van der Waals surface area contributed by atoms with E-state index >= 15 is 0 Å². The minimum absolute atomic E-state index is 0.705. The van der Waals surface area contributed by atoms with Gasteiger partial charge in [0, 0.05) is 10.1 Å². The summed E-state index contributed by atoms with van der Waals surface area (Å²) in [7, 11) is 0. The second kappa shape index (κ2) is 4.59. The number of fused-ring (bicyclic) bond motifs is 1. The number of aryl methyl sites for hydroxylation is 1. The van der Waals surface area contributed by atoms with E-state index in [1.165, 1.54) is 16.7 Å². The lowest BCUT2D eigenvalue weighted by Gasteiger charge is -2.10. The standard InChI is InChI=1S/C16H16N2S/c1-2-10-6-3-4-7-11(10)12-8-5-9-13-14(12)15(17)16(18)19-13/h3-9H,2,17-18H2,1H3. The van der Waals surface area contributed by atoms with Gasteiger partial charge in [-0.25, -0.2) is 0 Å². The molecule has 0 amide bonds. The Morgan fingerprint density at radius 3 is 2.47 bits per heavy atom. The molecule has 2 nitrogen and oxygen atoms in total. The zero-order valence-corrected chi connectivity index (χ0v) is 11.6. The fourth-order valence-electron chi connectivity index (χ4n) is 2.51. The van der Waals surface area contributed by atoms with E-state index in [0.29, 0.717) is 10.7 Å². The molecular formula is C16H16N2S. The summed E-state index contributed by atoms with van der Waals surface area (Å²) in [4.78, 5) is 0. The van der Waals surface area contributed by atoms with Gasteiger partial charge < -0.3 is 11.5 Å². The van der Waals surface area contributed by atoms with Crippen LogP contribution in [0.4, 0.5) is 10.7 Å². The molecule has 3 rings (SSSR count). The number of nitrogen functional groups attached to an aromatic ring is 2. The van der Waals surface area contributed by atoms with Crippen LogP contribution in [0.25, 0.3) is 21.2 Å². The lowest BCUT2D eigenvalue weighted by molar-refractivity contribution is 1.14. The maximum Gasteiger partial charge on any atom is 0.110 e. The number of thiophene rings is 1. The molecule has 3 aromatic rings. The molecular weight excluding hydrogens is 252 g/mol. The molecule has 0 unspecified atom stereocenters. The molecule has 4 N–H and O–H groups in total. The SMILES string of the molecule is CCc1ccccc1-c1cccc2sc(N)c(N)c12. The molecule has 1 heterocycles. The van der Waals surface area contributed by atoms with Gasteiger partial charge in [-0.15, -0.1) is 11.3 Å². The van der Waals surface area contributed by atoms with Crippen LogP contribution in [-0.2, 0) is 6.42 Å². The maximum atomic E-state index is 6.15. The first-order valence-electron chi connectivity index (χ1n) is 6.37. The predicted octanol–water partition coefficient (Wildman–Crippen LogP) is 4.30. The van der Waals surface area contributed by atoms with E-state index in [4.69, 9.17) is 11.5 Å². The summed E-state index contributed by atoms with van der Waals surface area (Å²) in [6.45, 7) is 2.17. The largest absolute Gasteiger partial charge is 0.396 e. The summed E-state index contributed by atoms with van der Waals surface area (Å²) in [6.07, 6.45) is 1.01. The number of hydrogen-bond donors (Lipinski definition) is 2. The second-order valence-electron chi connectivity index (χ2n) is 4.57. The molecule has 96 valence electrons. The Labute approximate surface area is 116 Å². The Morgan fingerprint density at radius 1 is 0.947 bits per heavy atom. The second-order valence-corrected chi connectivity index (χ2v) is 5.65. The van der Waals surface area contributed by atoms with Crippen molar-refractivity contribution in [3.8, 4) is 11.1 Å². The van der Waals surface area contributed by atoms with Gasteiger partial charge in [-0.2, -0.15) is 0 Å². The van der Waals surface area contributed by atoms with Gasteiger partial charge >= 0.3 is 0 Å². The minimum Gasteiger partial charge on any atom is -0.396 e. The first-order chi connectivity index (χ1) is 9.22. The smallest absolute Gasteiger partial charge is 0.110 e. The summed E-state index contributed by atoms with van der Waals surface area (Å²) in [5.41, 5.74) is 16.6. The Bertz CT molecular complexity index is 744. The van der Waals surface area contributed by atoms with Crippen LogP contribution in [0.2, 0.25) is 0 Å². The normalized spacial score (nSPS) is 11.0. The number of nitrogens with two attached hydrogens (primary N) is 2. The molecule has 0 aliphatic carbocycles. The van der Waals surface area contributed by atoms with Gasteiger partial charge in [-0.05, 0) is 29.2 Å². The molecule has 0 spiro atoms. The molecule has 0 radical (unpaired) electrons. The van der Waals surface area contributed by atoms with Crippen LogP contribution in [-0.4, -0.2) is 0 Å². The van der Waals surface area contributed by atoms with Crippen molar-refractivity contribution >= 4 is 32.1 Å². The van der Waals surface area contributed by atoms with Crippen molar-refractivity contribution < 1.29 is 0 Å². The summed E-state index contributed by atoms with van der Waals surface area (Å²) in [5, 5.41) is 1.79. The van der Waals surface area contributed by atoms with Crippen molar-refractivity contribution in [2.45, 2.75) is 13.3 Å². The highest BCUT2D eigenvalue weighted by Gasteiger charge is 2.13. The molecule has 1 aromatic heterocycles. The number of hydrogen-bond acceptors (Lipinski definition) is 3. The molecule has 19 heavy (non-hydrogen) atoms. The average molecular weight is 268 g/mol. The molecule has 0 aliphatic heterocycles. The van der Waals surface area contributed by atoms with E-state index in [1.807, 2.05) is 0 Å². The van der Waals surface area contributed by atoms with E-state index in [1.54, 1.807) is 11.3 Å². The third-order valence-corrected chi connectivity index (χ3v) is 4.47. The van der Waals surface area contributed by atoms with Gasteiger partial charge in [0.15, 0.2) is 0 Å². The molecule has 2 aromatic carbocycles. The first kappa shape index (κ1) is 12.1. The predicted molar refractivity (Wildman–Crippen MR) is 85.5 cm³/mol. The lowest BCUT2D eigenvalue weighted by atomic mass is 9.95. The molecule has 0 saturated carbocycles. The van der Waals surface area contributed by atoms with Crippen LogP contribution < -0.4 is 11.5 Å². The first-order valence-corrected chi connectivity index (χ1v) is 7.18. The fraction of sp³-hybridized carbons (Fsp3) is 0.125. The third-order valence-electron chi connectivity index (χ3n) is 3.47. The van der Waals surface area contributed by atoms with Gasteiger partial charge in [0.2, 0.25) is 0 Å². The van der Waals surface area contributed by atoms with Gasteiger partial charge in [-0.1, -0.05) is 43.3 Å². The molecule has 0 aliphatic rings. The van der Waals surface area contributed by atoms with Gasteiger partial charge in [0.1, 0.15) is 5.00 Å². The van der Waals surface area contributed by atoms with Crippen LogP contribution in [0.1, 0.15) is 12.5 Å². The van der Waals surface area contributed by atoms with Gasteiger partial charge in [0.05, 0.1) is 5.69 Å². The zero-order valence-electron chi connectivity index (χ0n) is 10.8. The number of benzene rings is 2. The summed E-state index contributed by atoms with van der Waals surface area (Å²) < 4.78 is 1.15. The average Bonchev–Trinajstić information content (AvgIpc) is 2.74. The Morgan fingerprint density at radius 2 is 1.68 bits per heavy atom. The fourth-order valence-corrected chi connectivity index (χ4v) is 3.42. The van der Waals surface area contributed by atoms with E-state index in [0.717, 1.165) is 16.5 Å². The lowest BCUT2D eigenvalue weighted by Crippen LogP contribution is -1.92. The highest BCUT2D eigenvalue weighted by molar-refractivity contribution is 7.23. The van der Waals surface area contributed by atoms with Crippen molar-refractivity contribution in [1.82, 2.24) is 0 Å². The quantitative estimate of drug-likeness (QED) is 0.728. The highest BCUT2D eigenvalue weighted by Crippen LogP contribution is 2.42. The summed E-state index contributed by atoms with van der Waals surface area (Å²) in [5.74, 6) is 0. The van der Waals surface area contributed by atoms with Crippen LogP contribution in [0, 0.1) is 0 Å². The van der Waals surface area contributed by atoms with Crippen molar-refractivity contribution in [2.75, 3.05) is 11.5 Å². The van der Waals surface area contributed by atoms with Crippen LogP contribution >= 0.6 is 11.3 Å².